The summed E-state index contributed by atoms with van der Waals surface area (Å²) in [5, 5.41) is 5.08. The van der Waals surface area contributed by atoms with Gasteiger partial charge in [-0.15, -0.1) is 0 Å². The number of benzene rings is 8. The third-order valence-electron chi connectivity index (χ3n) is 12.1. The van der Waals surface area contributed by atoms with Crippen molar-refractivity contribution >= 4 is 55.0 Å². The van der Waals surface area contributed by atoms with Crippen LogP contribution in [0.5, 0.6) is 0 Å². The molecule has 1 aliphatic carbocycles. The Kier molecular flexibility index (Phi) is 7.32. The second-order valence-corrected chi connectivity index (χ2v) is 15.3. The van der Waals surface area contributed by atoms with E-state index in [4.69, 9.17) is 9.97 Å². The summed E-state index contributed by atoms with van der Waals surface area (Å²) in [5.74, 6) is 0.267. The first-order valence-corrected chi connectivity index (χ1v) is 20.0. The molecule has 0 saturated heterocycles. The van der Waals surface area contributed by atoms with Gasteiger partial charge >= 0.3 is 0 Å². The molecule has 272 valence electrons. The van der Waals surface area contributed by atoms with E-state index >= 15 is 0 Å². The number of hydrogen-bond acceptors (Lipinski definition) is 3. The van der Waals surface area contributed by atoms with Gasteiger partial charge in [0.15, 0.2) is 0 Å². The Hall–Kier alpha value is -7.56. The van der Waals surface area contributed by atoms with Crippen LogP contribution in [0.3, 0.4) is 0 Å². The normalized spacial score (nSPS) is 15.8. The summed E-state index contributed by atoms with van der Waals surface area (Å²) in [6, 6.07) is 65.5. The summed E-state index contributed by atoms with van der Waals surface area (Å²) in [6.07, 6.45) is 9.13. The molecule has 4 nitrogen and oxygen atoms in total. The van der Waals surface area contributed by atoms with E-state index in [0.29, 0.717) is 0 Å². The van der Waals surface area contributed by atoms with Crippen molar-refractivity contribution < 1.29 is 0 Å². The predicted octanol–water partition coefficient (Wildman–Crippen LogP) is 13.6. The van der Waals surface area contributed by atoms with Gasteiger partial charge in [0.2, 0.25) is 0 Å². The van der Waals surface area contributed by atoms with Crippen molar-refractivity contribution in [2.24, 2.45) is 0 Å². The zero-order valence-corrected chi connectivity index (χ0v) is 31.6. The van der Waals surface area contributed by atoms with Crippen LogP contribution in [0.15, 0.2) is 206 Å². The lowest BCUT2D eigenvalue weighted by molar-refractivity contribution is 0.745. The van der Waals surface area contributed by atoms with Gasteiger partial charge in [-0.05, 0) is 82.1 Å². The standard InChI is InChI=1S/C54H36N4/c1-4-16-36(17-5-1)53-54(37-18-6-2-7-19-37)56-47-32-39(27-29-46(47)55-53)38-20-14-23-41(31-38)58-49-30-28-35-15-10-11-24-42(35)52(49)45-33-44-43-25-12-13-26-48(43)57(50(44)34-51(45)58)40-21-8-3-9-22-40/h1-34,43,48H. The molecule has 0 fully saturated rings. The van der Waals surface area contributed by atoms with Gasteiger partial charge in [0.1, 0.15) is 0 Å². The Morgan fingerprint density at radius 1 is 0.431 bits per heavy atom. The number of para-hydroxylation sites is 1. The first-order chi connectivity index (χ1) is 28.8. The van der Waals surface area contributed by atoms with Crippen LogP contribution >= 0.6 is 0 Å². The van der Waals surface area contributed by atoms with E-state index < -0.39 is 0 Å². The van der Waals surface area contributed by atoms with Crippen LogP contribution in [-0.4, -0.2) is 20.6 Å². The third kappa shape index (κ3) is 5.08. The maximum atomic E-state index is 5.31. The number of rotatable bonds is 5. The van der Waals surface area contributed by atoms with E-state index in [2.05, 4.69) is 204 Å². The Morgan fingerprint density at radius 3 is 1.88 bits per heavy atom. The van der Waals surface area contributed by atoms with E-state index in [1.807, 2.05) is 12.1 Å². The van der Waals surface area contributed by atoms with Gasteiger partial charge in [-0.1, -0.05) is 152 Å². The molecule has 0 bridgehead atoms. The SMILES string of the molecule is C1=CC2c3cc4c5c6ccccc6ccc5n(-c5cccc(-c6ccc7nc(-c8ccccc8)c(-c8ccccc8)nc7c6)c5)c4cc3N(c3ccccc3)C2C=C1. The fourth-order valence-electron chi connectivity index (χ4n) is 9.44. The lowest BCUT2D eigenvalue weighted by atomic mass is 9.90. The second kappa shape index (κ2) is 13.0. The molecule has 0 amide bonds. The summed E-state index contributed by atoms with van der Waals surface area (Å²) in [6.45, 7) is 0. The molecule has 2 aliphatic rings. The van der Waals surface area contributed by atoms with Gasteiger partial charge in [-0.25, -0.2) is 9.97 Å². The summed E-state index contributed by atoms with van der Waals surface area (Å²) < 4.78 is 2.47. The summed E-state index contributed by atoms with van der Waals surface area (Å²) >= 11 is 0. The van der Waals surface area contributed by atoms with Crippen molar-refractivity contribution in [1.29, 1.82) is 0 Å². The van der Waals surface area contributed by atoms with Crippen LogP contribution in [0.25, 0.3) is 82.9 Å². The second-order valence-electron chi connectivity index (χ2n) is 15.3. The molecule has 8 aromatic carbocycles. The molecule has 2 aromatic heterocycles. The molecule has 3 heterocycles. The van der Waals surface area contributed by atoms with Crippen LogP contribution in [0.2, 0.25) is 0 Å². The van der Waals surface area contributed by atoms with Crippen molar-refractivity contribution in [3.8, 4) is 39.3 Å². The number of fused-ring (bicyclic) bond motifs is 9. The quantitative estimate of drug-likeness (QED) is 0.176. The third-order valence-corrected chi connectivity index (χ3v) is 12.1. The number of nitrogens with zero attached hydrogens (tertiary/aromatic N) is 4. The van der Waals surface area contributed by atoms with Gasteiger partial charge < -0.3 is 9.47 Å². The van der Waals surface area contributed by atoms with Crippen molar-refractivity contribution in [2.45, 2.75) is 12.0 Å². The average molecular weight is 741 g/mol. The van der Waals surface area contributed by atoms with Crippen molar-refractivity contribution in [3.63, 3.8) is 0 Å². The topological polar surface area (TPSA) is 34.0 Å². The van der Waals surface area contributed by atoms with Crippen LogP contribution in [0, 0.1) is 0 Å². The summed E-state index contributed by atoms with van der Waals surface area (Å²) in [5.41, 5.74) is 15.2. The van der Waals surface area contributed by atoms with Crippen molar-refractivity contribution in [1.82, 2.24) is 14.5 Å². The molecule has 0 saturated carbocycles. The zero-order valence-electron chi connectivity index (χ0n) is 31.6. The predicted molar refractivity (Wildman–Crippen MR) is 241 cm³/mol. The van der Waals surface area contributed by atoms with E-state index in [1.165, 1.54) is 49.5 Å². The lowest BCUT2D eigenvalue weighted by Gasteiger charge is -2.28. The molecule has 2 unspecified atom stereocenters. The highest BCUT2D eigenvalue weighted by Gasteiger charge is 2.38. The highest BCUT2D eigenvalue weighted by Crippen LogP contribution is 2.51. The Labute approximate surface area is 336 Å². The monoisotopic (exact) mass is 740 g/mol. The van der Waals surface area contributed by atoms with E-state index in [0.717, 1.165) is 50.4 Å². The minimum atomic E-state index is 0.218. The molecular weight excluding hydrogens is 705 g/mol. The molecule has 4 heteroatoms. The fraction of sp³-hybridized carbons (Fsp3) is 0.0370. The Balaban J connectivity index is 1.06. The fourth-order valence-corrected chi connectivity index (χ4v) is 9.44. The molecule has 10 aromatic rings. The molecule has 12 rings (SSSR count). The molecule has 0 spiro atoms. The minimum Gasteiger partial charge on any atom is -0.333 e. The zero-order chi connectivity index (χ0) is 38.2. The largest absolute Gasteiger partial charge is 0.333 e. The van der Waals surface area contributed by atoms with Crippen LogP contribution in [0.1, 0.15) is 11.5 Å². The van der Waals surface area contributed by atoms with Crippen LogP contribution < -0.4 is 4.90 Å². The number of allylic oxidation sites excluding steroid dienone is 2. The minimum absolute atomic E-state index is 0.218. The molecule has 0 radical (unpaired) electrons. The van der Waals surface area contributed by atoms with Crippen LogP contribution in [0.4, 0.5) is 11.4 Å². The maximum absolute atomic E-state index is 5.31. The van der Waals surface area contributed by atoms with Crippen molar-refractivity contribution in [3.05, 3.63) is 212 Å². The van der Waals surface area contributed by atoms with Gasteiger partial charge in [0.05, 0.1) is 39.5 Å². The first-order valence-electron chi connectivity index (χ1n) is 20.0. The molecular formula is C54H36N4. The smallest absolute Gasteiger partial charge is 0.0973 e. The Bertz CT molecular complexity index is 3290. The lowest BCUT2D eigenvalue weighted by Crippen LogP contribution is -2.28. The Morgan fingerprint density at radius 2 is 1.09 bits per heavy atom. The number of anilines is 2. The van der Waals surface area contributed by atoms with Gasteiger partial charge in [0, 0.05) is 44.9 Å². The number of aromatic nitrogens is 3. The highest BCUT2D eigenvalue weighted by molar-refractivity contribution is 6.22. The average Bonchev–Trinajstić information content (AvgIpc) is 3.80. The first kappa shape index (κ1) is 32.7. The van der Waals surface area contributed by atoms with Crippen molar-refractivity contribution in [2.75, 3.05) is 4.90 Å². The molecule has 2 atom stereocenters. The number of hydrogen-bond donors (Lipinski definition) is 0. The molecule has 1 aliphatic heterocycles. The maximum Gasteiger partial charge on any atom is 0.0973 e. The molecule has 58 heavy (non-hydrogen) atoms. The van der Waals surface area contributed by atoms with Gasteiger partial charge in [-0.3, -0.25) is 0 Å². The van der Waals surface area contributed by atoms with E-state index in [-0.39, 0.29) is 12.0 Å². The molecule has 0 N–H and O–H groups in total. The highest BCUT2D eigenvalue weighted by atomic mass is 15.2. The van der Waals surface area contributed by atoms with Gasteiger partial charge in [0.25, 0.3) is 0 Å². The van der Waals surface area contributed by atoms with Gasteiger partial charge in [-0.2, -0.15) is 0 Å². The summed E-state index contributed by atoms with van der Waals surface area (Å²) in [4.78, 5) is 13.0. The van der Waals surface area contributed by atoms with E-state index in [9.17, 15) is 0 Å². The summed E-state index contributed by atoms with van der Waals surface area (Å²) in [7, 11) is 0. The van der Waals surface area contributed by atoms with Crippen LogP contribution in [-0.2, 0) is 0 Å². The van der Waals surface area contributed by atoms with E-state index in [1.54, 1.807) is 0 Å².